The van der Waals surface area contributed by atoms with Gasteiger partial charge in [-0.05, 0) is 68.7 Å². The molecule has 0 spiro atoms. The molecule has 0 unspecified atom stereocenters. The average molecular weight is 463 g/mol. The minimum Gasteiger partial charge on any atom is -0.495 e. The number of carbonyl (C=O) groups excluding carboxylic acids is 1. The highest BCUT2D eigenvalue weighted by atomic mass is 32.2. The summed E-state index contributed by atoms with van der Waals surface area (Å²) >= 11 is 0. The molecule has 0 aromatic heterocycles. The summed E-state index contributed by atoms with van der Waals surface area (Å²) in [5, 5.41) is 2.79. The Morgan fingerprint density at radius 3 is 2.59 bits per heavy atom. The number of benzene rings is 2. The number of hydrogen-bond donors (Lipinski definition) is 1. The summed E-state index contributed by atoms with van der Waals surface area (Å²) in [7, 11) is -2.69. The van der Waals surface area contributed by atoms with Crippen molar-refractivity contribution >= 4 is 21.6 Å². The number of nitrogens with zero attached hydrogens (tertiary/aromatic N) is 1. The van der Waals surface area contributed by atoms with Gasteiger partial charge in [0.2, 0.25) is 5.91 Å². The fourth-order valence-corrected chi connectivity index (χ4v) is 5.18. The molecular formula is C23H30N2O6S. The molecule has 1 aliphatic rings. The first kappa shape index (κ1) is 23.9. The van der Waals surface area contributed by atoms with Gasteiger partial charge in [-0.3, -0.25) is 9.10 Å². The number of anilines is 1. The number of amides is 1. The van der Waals surface area contributed by atoms with Crippen molar-refractivity contribution in [2.45, 2.75) is 37.7 Å². The third-order valence-electron chi connectivity index (χ3n) is 5.16. The number of carbonyl (C=O) groups is 1. The summed E-state index contributed by atoms with van der Waals surface area (Å²) in [6.07, 6.45) is 1.80. The van der Waals surface area contributed by atoms with E-state index in [0.29, 0.717) is 31.2 Å². The zero-order chi connectivity index (χ0) is 23.1. The van der Waals surface area contributed by atoms with E-state index >= 15 is 0 Å². The summed E-state index contributed by atoms with van der Waals surface area (Å²) in [4.78, 5) is 12.7. The van der Waals surface area contributed by atoms with Crippen LogP contribution in [0.25, 0.3) is 0 Å². The molecule has 1 amide bonds. The van der Waals surface area contributed by atoms with Crippen molar-refractivity contribution in [1.82, 2.24) is 5.32 Å². The van der Waals surface area contributed by atoms with Crippen LogP contribution in [0.2, 0.25) is 0 Å². The van der Waals surface area contributed by atoms with E-state index in [4.69, 9.17) is 14.2 Å². The Hall–Kier alpha value is -2.78. The normalized spacial score (nSPS) is 15.9. The van der Waals surface area contributed by atoms with Crippen LogP contribution in [0, 0.1) is 6.92 Å². The molecule has 174 valence electrons. The fourth-order valence-electron chi connectivity index (χ4n) is 3.51. The number of ether oxygens (including phenoxy) is 3. The van der Waals surface area contributed by atoms with Crippen LogP contribution in [-0.4, -0.2) is 53.8 Å². The zero-order valence-electron chi connectivity index (χ0n) is 18.7. The van der Waals surface area contributed by atoms with Crippen molar-refractivity contribution in [2.24, 2.45) is 0 Å². The molecule has 0 saturated carbocycles. The summed E-state index contributed by atoms with van der Waals surface area (Å²) < 4.78 is 44.7. The van der Waals surface area contributed by atoms with E-state index in [1.807, 2.05) is 6.92 Å². The second kappa shape index (κ2) is 10.7. The smallest absolute Gasteiger partial charge is 0.268 e. The minimum atomic E-state index is -4.10. The lowest BCUT2D eigenvalue weighted by molar-refractivity contribution is -0.120. The summed E-state index contributed by atoms with van der Waals surface area (Å²) in [5.74, 6) is 0.417. The van der Waals surface area contributed by atoms with Crippen molar-refractivity contribution in [2.75, 3.05) is 37.7 Å². The Balaban J connectivity index is 1.92. The Kier molecular flexibility index (Phi) is 7.98. The lowest BCUT2D eigenvalue weighted by atomic mass is 10.2. The van der Waals surface area contributed by atoms with Crippen molar-refractivity contribution in [1.29, 1.82) is 0 Å². The second-order valence-electron chi connectivity index (χ2n) is 7.53. The van der Waals surface area contributed by atoms with E-state index in [2.05, 4.69) is 5.32 Å². The molecule has 9 heteroatoms. The number of sulfonamides is 1. The van der Waals surface area contributed by atoms with E-state index in [0.717, 1.165) is 22.7 Å². The van der Waals surface area contributed by atoms with E-state index < -0.39 is 15.9 Å². The number of methoxy groups -OCH3 is 1. The third-order valence-corrected chi connectivity index (χ3v) is 6.96. The highest BCUT2D eigenvalue weighted by Crippen LogP contribution is 2.31. The van der Waals surface area contributed by atoms with Gasteiger partial charge in [-0.25, -0.2) is 8.42 Å². The third kappa shape index (κ3) is 5.72. The first-order chi connectivity index (χ1) is 15.3. The lowest BCUT2D eigenvalue weighted by Gasteiger charge is -2.25. The van der Waals surface area contributed by atoms with Gasteiger partial charge >= 0.3 is 0 Å². The van der Waals surface area contributed by atoms with Crippen LogP contribution in [0.1, 0.15) is 25.3 Å². The van der Waals surface area contributed by atoms with Crippen LogP contribution in [0.4, 0.5) is 5.69 Å². The minimum absolute atomic E-state index is 0.000751. The Morgan fingerprint density at radius 1 is 1.22 bits per heavy atom. The SMILES string of the molecule is CCOc1ccc(N(CC(=O)NC[C@H]2CCCO2)S(=O)(=O)c2cc(C)ccc2OC)cc1. The number of hydrogen-bond acceptors (Lipinski definition) is 6. The molecule has 2 aromatic carbocycles. The molecule has 0 radical (unpaired) electrons. The molecule has 1 fully saturated rings. The van der Waals surface area contributed by atoms with Gasteiger partial charge in [0.25, 0.3) is 10.0 Å². The molecule has 2 aromatic rings. The van der Waals surface area contributed by atoms with Gasteiger partial charge < -0.3 is 19.5 Å². The van der Waals surface area contributed by atoms with Crippen LogP contribution in [-0.2, 0) is 19.6 Å². The van der Waals surface area contributed by atoms with Gasteiger partial charge in [0.1, 0.15) is 22.9 Å². The second-order valence-corrected chi connectivity index (χ2v) is 9.36. The topological polar surface area (TPSA) is 94.2 Å². The van der Waals surface area contributed by atoms with Crippen LogP contribution < -0.4 is 19.1 Å². The summed E-state index contributed by atoms with van der Waals surface area (Å²) in [6.45, 7) is 4.82. The number of rotatable bonds is 10. The van der Waals surface area contributed by atoms with E-state index in [-0.39, 0.29) is 23.3 Å². The van der Waals surface area contributed by atoms with Gasteiger partial charge in [-0.15, -0.1) is 0 Å². The Labute approximate surface area is 189 Å². The number of nitrogens with one attached hydrogen (secondary N) is 1. The van der Waals surface area contributed by atoms with Gasteiger partial charge in [-0.1, -0.05) is 6.07 Å². The molecular weight excluding hydrogens is 432 g/mol. The summed E-state index contributed by atoms with van der Waals surface area (Å²) in [6, 6.07) is 11.5. The predicted octanol–water partition coefficient (Wildman–Crippen LogP) is 2.89. The largest absolute Gasteiger partial charge is 0.495 e. The van der Waals surface area contributed by atoms with Crippen molar-refractivity contribution in [3.05, 3.63) is 48.0 Å². The monoisotopic (exact) mass is 462 g/mol. The van der Waals surface area contributed by atoms with Crippen LogP contribution in [0.15, 0.2) is 47.4 Å². The quantitative estimate of drug-likeness (QED) is 0.584. The zero-order valence-corrected chi connectivity index (χ0v) is 19.5. The lowest BCUT2D eigenvalue weighted by Crippen LogP contribution is -2.43. The maximum atomic E-state index is 13.7. The van der Waals surface area contributed by atoms with Gasteiger partial charge in [0.15, 0.2) is 0 Å². The van der Waals surface area contributed by atoms with Crippen molar-refractivity contribution in [3.8, 4) is 11.5 Å². The molecule has 1 saturated heterocycles. The molecule has 1 aliphatic heterocycles. The van der Waals surface area contributed by atoms with Gasteiger partial charge in [0, 0.05) is 13.2 Å². The number of aryl methyl sites for hydroxylation is 1. The fraction of sp³-hybridized carbons (Fsp3) is 0.435. The standard InChI is InChI=1S/C23H30N2O6S/c1-4-30-19-10-8-18(9-11-19)25(16-23(26)24-15-20-6-5-13-31-20)32(27,28)22-14-17(2)7-12-21(22)29-3/h7-12,14,20H,4-6,13,15-16H2,1-3H3,(H,24,26)/t20-/m1/s1. The summed E-state index contributed by atoms with van der Waals surface area (Å²) in [5.41, 5.74) is 1.11. The highest BCUT2D eigenvalue weighted by Gasteiger charge is 2.30. The molecule has 0 aliphatic carbocycles. The first-order valence-electron chi connectivity index (χ1n) is 10.6. The molecule has 1 heterocycles. The molecule has 3 rings (SSSR count). The predicted molar refractivity (Wildman–Crippen MR) is 122 cm³/mol. The molecule has 1 N–H and O–H groups in total. The van der Waals surface area contributed by atoms with Crippen molar-refractivity contribution < 1.29 is 27.4 Å². The van der Waals surface area contributed by atoms with E-state index in [1.54, 1.807) is 49.4 Å². The Morgan fingerprint density at radius 2 is 1.97 bits per heavy atom. The molecule has 8 nitrogen and oxygen atoms in total. The van der Waals surface area contributed by atoms with E-state index in [1.165, 1.54) is 7.11 Å². The highest BCUT2D eigenvalue weighted by molar-refractivity contribution is 7.93. The molecule has 0 bridgehead atoms. The maximum Gasteiger partial charge on any atom is 0.268 e. The van der Waals surface area contributed by atoms with Crippen molar-refractivity contribution in [3.63, 3.8) is 0 Å². The van der Waals surface area contributed by atoms with Crippen LogP contribution >= 0.6 is 0 Å². The van der Waals surface area contributed by atoms with E-state index in [9.17, 15) is 13.2 Å². The Bertz CT molecular complexity index is 1020. The van der Waals surface area contributed by atoms with Crippen LogP contribution in [0.3, 0.4) is 0 Å². The molecule has 1 atom stereocenters. The first-order valence-corrected chi connectivity index (χ1v) is 12.1. The maximum absolute atomic E-state index is 13.7. The average Bonchev–Trinajstić information content (AvgIpc) is 3.30. The molecule has 32 heavy (non-hydrogen) atoms. The van der Waals surface area contributed by atoms with Gasteiger partial charge in [0.05, 0.1) is 25.5 Å². The van der Waals surface area contributed by atoms with Crippen LogP contribution in [0.5, 0.6) is 11.5 Å². The van der Waals surface area contributed by atoms with Gasteiger partial charge in [-0.2, -0.15) is 0 Å².